The minimum absolute atomic E-state index is 0.0312. The van der Waals surface area contributed by atoms with Gasteiger partial charge in [-0.05, 0) is 36.4 Å². The summed E-state index contributed by atoms with van der Waals surface area (Å²) < 4.78 is 5.61. The van der Waals surface area contributed by atoms with Crippen LogP contribution in [0, 0.1) is 0 Å². The topological polar surface area (TPSA) is 41.6 Å². The van der Waals surface area contributed by atoms with E-state index in [2.05, 4.69) is 16.8 Å². The molecule has 0 saturated carbocycles. The fraction of sp³-hybridized carbons (Fsp3) is 0.353. The summed E-state index contributed by atoms with van der Waals surface area (Å²) in [6, 6.07) is 13.8. The average Bonchev–Trinajstić information content (AvgIpc) is 3.05. The Balaban J connectivity index is 1.56. The maximum atomic E-state index is 11.9. The van der Waals surface area contributed by atoms with Crippen LogP contribution in [0.25, 0.3) is 0 Å². The molecule has 2 aromatic rings. The predicted octanol–water partition coefficient (Wildman–Crippen LogP) is 3.40. The highest BCUT2D eigenvalue weighted by Crippen LogP contribution is 2.09. The summed E-state index contributed by atoms with van der Waals surface area (Å²) >= 11 is 1.72. The summed E-state index contributed by atoms with van der Waals surface area (Å²) in [5, 5.41) is 4.98. The molecule has 0 saturated heterocycles. The minimum Gasteiger partial charge on any atom is -0.494 e. The number of para-hydroxylation sites is 1. The molecule has 118 valence electrons. The van der Waals surface area contributed by atoms with Crippen LogP contribution in [0.3, 0.4) is 0 Å². The van der Waals surface area contributed by atoms with E-state index in [1.165, 1.54) is 4.88 Å². The second-order valence-corrected chi connectivity index (χ2v) is 6.03. The molecule has 0 fully saturated rings. The number of urea groups is 1. The summed E-state index contributed by atoms with van der Waals surface area (Å²) in [6.07, 6.45) is 1.69. The Bertz CT molecular complexity index is 543. The molecule has 2 rings (SSSR count). The van der Waals surface area contributed by atoms with Gasteiger partial charge in [-0.1, -0.05) is 24.3 Å². The second-order valence-electron chi connectivity index (χ2n) is 5.00. The van der Waals surface area contributed by atoms with Gasteiger partial charge in [-0.2, -0.15) is 0 Å². The number of hydrogen-bond donors (Lipinski definition) is 1. The predicted molar refractivity (Wildman–Crippen MR) is 90.6 cm³/mol. The molecule has 0 unspecified atom stereocenters. The monoisotopic (exact) mass is 318 g/mol. The summed E-state index contributed by atoms with van der Waals surface area (Å²) in [4.78, 5) is 14.9. The third kappa shape index (κ3) is 5.77. The van der Waals surface area contributed by atoms with E-state index in [0.29, 0.717) is 19.7 Å². The molecule has 1 aromatic carbocycles. The normalized spacial score (nSPS) is 10.2. The van der Waals surface area contributed by atoms with E-state index < -0.39 is 0 Å². The van der Waals surface area contributed by atoms with Crippen molar-refractivity contribution in [1.82, 2.24) is 10.2 Å². The fourth-order valence-electron chi connectivity index (χ4n) is 1.99. The molecule has 0 bridgehead atoms. The van der Waals surface area contributed by atoms with Crippen LogP contribution in [-0.2, 0) is 6.42 Å². The number of amides is 2. The molecule has 0 radical (unpaired) electrons. The first-order valence-electron chi connectivity index (χ1n) is 7.45. The minimum atomic E-state index is -0.0312. The van der Waals surface area contributed by atoms with Gasteiger partial charge in [0.1, 0.15) is 5.75 Å². The van der Waals surface area contributed by atoms with Crippen LogP contribution in [0.15, 0.2) is 47.8 Å². The number of benzene rings is 1. The lowest BCUT2D eigenvalue weighted by atomic mass is 10.3. The fourth-order valence-corrected chi connectivity index (χ4v) is 2.70. The molecule has 22 heavy (non-hydrogen) atoms. The van der Waals surface area contributed by atoms with Crippen LogP contribution in [0.5, 0.6) is 5.75 Å². The van der Waals surface area contributed by atoms with Gasteiger partial charge in [-0.25, -0.2) is 4.79 Å². The van der Waals surface area contributed by atoms with Crippen LogP contribution < -0.4 is 10.1 Å². The quantitative estimate of drug-likeness (QED) is 0.758. The number of nitrogens with zero attached hydrogens (tertiary/aromatic N) is 1. The van der Waals surface area contributed by atoms with Crippen molar-refractivity contribution in [3.63, 3.8) is 0 Å². The van der Waals surface area contributed by atoms with Crippen molar-refractivity contribution in [1.29, 1.82) is 0 Å². The zero-order valence-corrected chi connectivity index (χ0v) is 13.6. The molecule has 1 aromatic heterocycles. The number of rotatable bonds is 8. The maximum Gasteiger partial charge on any atom is 0.317 e. The van der Waals surface area contributed by atoms with Crippen molar-refractivity contribution in [3.8, 4) is 5.75 Å². The molecule has 1 N–H and O–H groups in total. The second kappa shape index (κ2) is 9.10. The van der Waals surface area contributed by atoms with Crippen molar-refractivity contribution in [3.05, 3.63) is 52.7 Å². The molecule has 2 amide bonds. The number of thiophene rings is 1. The largest absolute Gasteiger partial charge is 0.494 e. The Morgan fingerprint density at radius 3 is 2.77 bits per heavy atom. The first-order chi connectivity index (χ1) is 10.8. The van der Waals surface area contributed by atoms with E-state index >= 15 is 0 Å². The van der Waals surface area contributed by atoms with Crippen LogP contribution >= 0.6 is 11.3 Å². The number of carbonyl (C=O) groups excluding carboxylic acids is 1. The van der Waals surface area contributed by atoms with E-state index in [-0.39, 0.29) is 6.03 Å². The summed E-state index contributed by atoms with van der Waals surface area (Å²) in [6.45, 7) is 1.96. The lowest BCUT2D eigenvalue weighted by Crippen LogP contribution is -2.39. The molecular weight excluding hydrogens is 296 g/mol. The van der Waals surface area contributed by atoms with Crippen LogP contribution in [-0.4, -0.2) is 37.7 Å². The first kappa shape index (κ1) is 16.4. The number of hydrogen-bond acceptors (Lipinski definition) is 3. The van der Waals surface area contributed by atoms with Crippen molar-refractivity contribution < 1.29 is 9.53 Å². The molecule has 0 spiro atoms. The number of carbonyl (C=O) groups is 1. The standard InChI is InChI=1S/C17H22N2O2S/c1-19(12-6-13-21-15-7-3-2-4-8-15)17(20)18-11-10-16-9-5-14-22-16/h2-5,7-9,14H,6,10-13H2,1H3,(H,18,20). The molecule has 4 nitrogen and oxygen atoms in total. The van der Waals surface area contributed by atoms with E-state index in [1.54, 1.807) is 16.2 Å². The van der Waals surface area contributed by atoms with Crippen LogP contribution in [0.4, 0.5) is 4.79 Å². The number of nitrogens with one attached hydrogen (secondary N) is 1. The van der Waals surface area contributed by atoms with E-state index in [9.17, 15) is 4.79 Å². The Morgan fingerprint density at radius 2 is 2.05 bits per heavy atom. The van der Waals surface area contributed by atoms with E-state index in [0.717, 1.165) is 18.6 Å². The van der Waals surface area contributed by atoms with Crippen LogP contribution in [0.1, 0.15) is 11.3 Å². The van der Waals surface area contributed by atoms with Gasteiger partial charge in [-0.15, -0.1) is 11.3 Å². The smallest absolute Gasteiger partial charge is 0.317 e. The molecule has 1 heterocycles. The van der Waals surface area contributed by atoms with Gasteiger partial charge < -0.3 is 15.0 Å². The zero-order chi connectivity index (χ0) is 15.6. The third-order valence-corrected chi connectivity index (χ3v) is 4.16. The van der Waals surface area contributed by atoms with Gasteiger partial charge in [0.05, 0.1) is 6.61 Å². The van der Waals surface area contributed by atoms with Crippen molar-refractivity contribution in [2.75, 3.05) is 26.7 Å². The van der Waals surface area contributed by atoms with Gasteiger partial charge in [0.2, 0.25) is 0 Å². The van der Waals surface area contributed by atoms with Crippen molar-refractivity contribution in [2.45, 2.75) is 12.8 Å². The summed E-state index contributed by atoms with van der Waals surface area (Å²) in [7, 11) is 1.81. The van der Waals surface area contributed by atoms with E-state index in [4.69, 9.17) is 4.74 Å². The lowest BCUT2D eigenvalue weighted by molar-refractivity contribution is 0.203. The summed E-state index contributed by atoms with van der Waals surface area (Å²) in [5.41, 5.74) is 0. The van der Waals surface area contributed by atoms with Crippen LogP contribution in [0.2, 0.25) is 0 Å². The first-order valence-corrected chi connectivity index (χ1v) is 8.33. The Kier molecular flexibility index (Phi) is 6.77. The zero-order valence-electron chi connectivity index (χ0n) is 12.8. The molecule has 5 heteroatoms. The molecule has 0 atom stereocenters. The Morgan fingerprint density at radius 1 is 1.23 bits per heavy atom. The highest BCUT2D eigenvalue weighted by atomic mass is 32.1. The third-order valence-electron chi connectivity index (χ3n) is 3.22. The van der Waals surface area contributed by atoms with Crippen molar-refractivity contribution in [2.24, 2.45) is 0 Å². The molecule has 0 aliphatic carbocycles. The molecule has 0 aliphatic heterocycles. The number of ether oxygens (including phenoxy) is 1. The van der Waals surface area contributed by atoms with E-state index in [1.807, 2.05) is 43.4 Å². The van der Waals surface area contributed by atoms with Gasteiger partial charge >= 0.3 is 6.03 Å². The van der Waals surface area contributed by atoms with Gasteiger partial charge in [0.15, 0.2) is 0 Å². The molecule has 0 aliphatic rings. The Hall–Kier alpha value is -2.01. The highest BCUT2D eigenvalue weighted by Gasteiger charge is 2.07. The SMILES string of the molecule is CN(CCCOc1ccccc1)C(=O)NCCc1cccs1. The highest BCUT2D eigenvalue weighted by molar-refractivity contribution is 7.09. The van der Waals surface area contributed by atoms with Crippen molar-refractivity contribution >= 4 is 17.4 Å². The summed E-state index contributed by atoms with van der Waals surface area (Å²) in [5.74, 6) is 0.866. The lowest BCUT2D eigenvalue weighted by Gasteiger charge is -2.18. The maximum absolute atomic E-state index is 11.9. The molecular formula is C17H22N2O2S. The van der Waals surface area contributed by atoms with Gasteiger partial charge in [-0.3, -0.25) is 0 Å². The Labute approximate surface area is 135 Å². The average molecular weight is 318 g/mol. The van der Waals surface area contributed by atoms with Gasteiger partial charge in [0, 0.05) is 25.0 Å². The van der Waals surface area contributed by atoms with Gasteiger partial charge in [0.25, 0.3) is 0 Å².